The Morgan fingerprint density at radius 1 is 0.639 bits per heavy atom. The zero-order chi connectivity index (χ0) is 24.4. The van der Waals surface area contributed by atoms with Crippen LogP contribution in [0.5, 0.6) is 0 Å². The molecule has 6 rings (SSSR count). The largest absolute Gasteiger partial charge is 0.245 e. The Kier molecular flexibility index (Phi) is 6.04. The molecule has 1 nitrogen and oxygen atoms in total. The number of thioether (sulfide) groups is 1. The van der Waals surface area contributed by atoms with Gasteiger partial charge in [-0.2, -0.15) is 0 Å². The predicted molar refractivity (Wildman–Crippen MR) is 154 cm³/mol. The number of nitrogens with zero attached hydrogens (tertiary/aromatic N) is 1. The van der Waals surface area contributed by atoms with Crippen molar-refractivity contribution in [2.24, 2.45) is 10.9 Å². The summed E-state index contributed by atoms with van der Waals surface area (Å²) in [7, 11) is 0. The second-order valence-corrected chi connectivity index (χ2v) is 10.5. The molecule has 0 bridgehead atoms. The molecular formula is C34H27NS. The molecule has 4 aromatic carbocycles. The minimum absolute atomic E-state index is 0.119. The normalized spacial score (nSPS) is 18.1. The van der Waals surface area contributed by atoms with E-state index in [1.807, 2.05) is 11.8 Å². The summed E-state index contributed by atoms with van der Waals surface area (Å²) in [5.74, 6) is 0.119. The summed E-state index contributed by atoms with van der Waals surface area (Å²) in [6.45, 7) is 2.18. The fourth-order valence-corrected chi connectivity index (χ4v) is 6.88. The van der Waals surface area contributed by atoms with Crippen molar-refractivity contribution in [3.05, 3.63) is 172 Å². The van der Waals surface area contributed by atoms with E-state index in [-0.39, 0.29) is 10.7 Å². The maximum Gasteiger partial charge on any atom is 0.106 e. The van der Waals surface area contributed by atoms with Crippen molar-refractivity contribution in [2.45, 2.75) is 11.7 Å². The van der Waals surface area contributed by atoms with Gasteiger partial charge >= 0.3 is 0 Å². The number of allylic oxidation sites excluding steroid dienone is 4. The van der Waals surface area contributed by atoms with Crippen molar-refractivity contribution in [3.63, 3.8) is 0 Å². The van der Waals surface area contributed by atoms with Gasteiger partial charge in [0.2, 0.25) is 0 Å². The van der Waals surface area contributed by atoms with Gasteiger partial charge in [0.05, 0.1) is 10.5 Å². The molecule has 36 heavy (non-hydrogen) atoms. The molecule has 174 valence electrons. The number of hydrogen-bond donors (Lipinski definition) is 0. The molecule has 0 radical (unpaired) electrons. The average Bonchev–Trinajstić information content (AvgIpc) is 2.95. The van der Waals surface area contributed by atoms with Crippen LogP contribution in [-0.2, 0) is 4.75 Å². The molecule has 1 aliphatic heterocycles. The molecule has 2 heteroatoms. The van der Waals surface area contributed by atoms with E-state index < -0.39 is 0 Å². The Morgan fingerprint density at radius 2 is 1.11 bits per heavy atom. The van der Waals surface area contributed by atoms with Crippen molar-refractivity contribution in [1.29, 1.82) is 0 Å². The van der Waals surface area contributed by atoms with Gasteiger partial charge in [-0.05, 0) is 35.3 Å². The highest BCUT2D eigenvalue weighted by molar-refractivity contribution is 8.04. The molecule has 0 saturated heterocycles. The molecule has 0 N–H and O–H groups in total. The Bertz CT molecular complexity index is 1400. The van der Waals surface area contributed by atoms with Crippen LogP contribution in [0.15, 0.2) is 155 Å². The average molecular weight is 482 g/mol. The van der Waals surface area contributed by atoms with Gasteiger partial charge in [0.25, 0.3) is 0 Å². The third kappa shape index (κ3) is 3.98. The first-order chi connectivity index (χ1) is 17.8. The van der Waals surface area contributed by atoms with Gasteiger partial charge in [-0.1, -0.05) is 151 Å². The summed E-state index contributed by atoms with van der Waals surface area (Å²) >= 11 is 1.88. The smallest absolute Gasteiger partial charge is 0.106 e. The molecule has 1 aliphatic carbocycles. The van der Waals surface area contributed by atoms with Crippen LogP contribution in [0, 0.1) is 5.92 Å². The zero-order valence-corrected chi connectivity index (χ0v) is 21.0. The second-order valence-electron chi connectivity index (χ2n) is 9.24. The van der Waals surface area contributed by atoms with Crippen LogP contribution in [0.25, 0.3) is 5.57 Å². The lowest BCUT2D eigenvalue weighted by atomic mass is 9.74. The lowest BCUT2D eigenvalue weighted by Gasteiger charge is -2.44. The minimum atomic E-state index is -0.351. The summed E-state index contributed by atoms with van der Waals surface area (Å²) < 4.78 is -0.351. The molecule has 1 heterocycles. The van der Waals surface area contributed by atoms with Crippen LogP contribution < -0.4 is 0 Å². The molecule has 0 spiro atoms. The summed E-state index contributed by atoms with van der Waals surface area (Å²) in [5.41, 5.74) is 8.47. The van der Waals surface area contributed by atoms with Gasteiger partial charge in [-0.15, -0.1) is 0 Å². The fraction of sp³-hybridized carbons (Fsp3) is 0.0882. The summed E-state index contributed by atoms with van der Waals surface area (Å²) in [6.07, 6.45) is 6.80. The van der Waals surface area contributed by atoms with Gasteiger partial charge in [0.1, 0.15) is 5.03 Å². The monoisotopic (exact) mass is 481 g/mol. The first-order valence-electron chi connectivity index (χ1n) is 12.4. The number of rotatable bonds is 4. The van der Waals surface area contributed by atoms with E-state index in [0.29, 0.717) is 0 Å². The van der Waals surface area contributed by atoms with Crippen LogP contribution in [-0.4, -0.2) is 5.71 Å². The Hall–Kier alpha value is -3.88. The molecule has 1 unspecified atom stereocenters. The van der Waals surface area contributed by atoms with E-state index in [4.69, 9.17) is 4.99 Å². The minimum Gasteiger partial charge on any atom is -0.245 e. The standard InChI is InChI=1S/C34H27NS/c1-25-22-23-31-30(24-25)34(28-18-10-4-11-19-28,29-20-12-5-13-21-29)36-33(35-31)32(26-14-6-2-7-15-26)27-16-8-3-9-17-27/h2-24,30H,1H3. The predicted octanol–water partition coefficient (Wildman–Crippen LogP) is 8.67. The maximum atomic E-state index is 5.37. The van der Waals surface area contributed by atoms with Gasteiger partial charge < -0.3 is 0 Å². The fourth-order valence-electron chi connectivity index (χ4n) is 5.26. The molecule has 0 fully saturated rings. The van der Waals surface area contributed by atoms with Crippen LogP contribution >= 0.6 is 11.8 Å². The van der Waals surface area contributed by atoms with E-state index in [0.717, 1.165) is 10.7 Å². The molecule has 0 aromatic heterocycles. The van der Waals surface area contributed by atoms with E-state index in [2.05, 4.69) is 146 Å². The zero-order valence-electron chi connectivity index (χ0n) is 20.2. The quantitative estimate of drug-likeness (QED) is 0.284. The highest BCUT2D eigenvalue weighted by Crippen LogP contribution is 2.58. The molecule has 4 aromatic rings. The third-order valence-corrected chi connectivity index (χ3v) is 8.47. The number of hydrogen-bond acceptors (Lipinski definition) is 2. The highest BCUT2D eigenvalue weighted by atomic mass is 32.2. The summed E-state index contributed by atoms with van der Waals surface area (Å²) in [4.78, 5) is 5.37. The van der Waals surface area contributed by atoms with Gasteiger partial charge in [-0.3, -0.25) is 0 Å². The van der Waals surface area contributed by atoms with Crippen molar-refractivity contribution in [1.82, 2.24) is 0 Å². The van der Waals surface area contributed by atoms with Crippen molar-refractivity contribution in [3.8, 4) is 0 Å². The maximum absolute atomic E-state index is 5.37. The first kappa shape index (κ1) is 22.6. The van der Waals surface area contributed by atoms with Crippen molar-refractivity contribution in [2.75, 3.05) is 0 Å². The third-order valence-electron chi connectivity index (χ3n) is 6.94. The van der Waals surface area contributed by atoms with E-state index >= 15 is 0 Å². The van der Waals surface area contributed by atoms with E-state index in [1.165, 1.54) is 33.4 Å². The van der Waals surface area contributed by atoms with Crippen LogP contribution in [0.3, 0.4) is 0 Å². The van der Waals surface area contributed by atoms with Crippen LogP contribution in [0.4, 0.5) is 0 Å². The van der Waals surface area contributed by atoms with Crippen LogP contribution in [0.1, 0.15) is 29.2 Å². The van der Waals surface area contributed by atoms with E-state index in [1.54, 1.807) is 0 Å². The number of fused-ring (bicyclic) bond motifs is 1. The number of aliphatic imine (C=N–C) groups is 1. The second kappa shape index (κ2) is 9.64. The molecular weight excluding hydrogens is 454 g/mol. The topological polar surface area (TPSA) is 12.4 Å². The Labute approximate surface area is 217 Å². The Morgan fingerprint density at radius 3 is 1.61 bits per heavy atom. The molecule has 0 saturated carbocycles. The van der Waals surface area contributed by atoms with Crippen LogP contribution in [0.2, 0.25) is 0 Å². The van der Waals surface area contributed by atoms with Gasteiger partial charge in [0, 0.05) is 11.5 Å². The highest BCUT2D eigenvalue weighted by Gasteiger charge is 2.48. The van der Waals surface area contributed by atoms with Crippen molar-refractivity contribution >= 4 is 23.0 Å². The number of benzene rings is 4. The van der Waals surface area contributed by atoms with Gasteiger partial charge in [-0.25, -0.2) is 4.99 Å². The lowest BCUT2D eigenvalue weighted by molar-refractivity contribution is 0.648. The SMILES string of the molecule is CC1=CC2C(=NC(=C(c3ccccc3)c3ccccc3)SC2(c2ccccc2)c2ccccc2)C=C1. The first-order valence-corrected chi connectivity index (χ1v) is 13.2. The molecule has 0 amide bonds. The molecule has 2 aliphatic rings. The summed E-state index contributed by atoms with van der Waals surface area (Å²) in [6, 6.07) is 43.2. The van der Waals surface area contributed by atoms with E-state index in [9.17, 15) is 0 Å². The van der Waals surface area contributed by atoms with Gasteiger partial charge in [0.15, 0.2) is 0 Å². The van der Waals surface area contributed by atoms with Crippen molar-refractivity contribution < 1.29 is 0 Å². The summed E-state index contributed by atoms with van der Waals surface area (Å²) in [5, 5.41) is 1.05. The Balaban J connectivity index is 1.70. The lowest BCUT2D eigenvalue weighted by Crippen LogP contribution is -2.40. The molecule has 1 atom stereocenters.